The maximum absolute atomic E-state index is 12.7. The van der Waals surface area contributed by atoms with Gasteiger partial charge in [0, 0.05) is 0 Å². The maximum Gasteiger partial charge on any atom is 0.435 e. The number of nitrogens with zero attached hydrogens (tertiary/aromatic N) is 1. The van der Waals surface area contributed by atoms with E-state index in [0.29, 0.717) is 0 Å². The predicted octanol–water partition coefficient (Wildman–Crippen LogP) is 0.684. The number of alkyl halides is 5. The van der Waals surface area contributed by atoms with Crippen molar-refractivity contribution < 1.29 is 56.9 Å². The lowest BCUT2D eigenvalue weighted by atomic mass is 10.3. The molecule has 7 nitrogen and oxygen atoms in total. The fourth-order valence-corrected chi connectivity index (χ4v) is 3.43. The Balaban J connectivity index is 7.04. The van der Waals surface area contributed by atoms with Crippen LogP contribution in [0.25, 0.3) is 0 Å². The van der Waals surface area contributed by atoms with Crippen molar-refractivity contribution in [1.82, 2.24) is 5.34 Å². The number of hydrogen-bond acceptors (Lipinski definition) is 5. The van der Waals surface area contributed by atoms with E-state index in [0.717, 1.165) is 0 Å². The lowest BCUT2D eigenvalue weighted by Crippen LogP contribution is -2.70. The third-order valence-electron chi connectivity index (χ3n) is 1.71. The highest BCUT2D eigenvalue weighted by Gasteiger charge is 2.88. The van der Waals surface area contributed by atoms with Gasteiger partial charge in [-0.3, -0.25) is 9.11 Å². The average molecular weight is 345 g/mol. The van der Waals surface area contributed by atoms with Crippen LogP contribution in [0.4, 0.5) is 30.9 Å². The highest BCUT2D eigenvalue weighted by molar-refractivity contribution is 8.05. The van der Waals surface area contributed by atoms with Crippen LogP contribution in [0.5, 0.6) is 0 Å². The summed E-state index contributed by atoms with van der Waals surface area (Å²) in [7, 11) is -15.0. The third kappa shape index (κ3) is 2.37. The Hall–Kier alpha value is -0.710. The average Bonchev–Trinajstić information content (AvgIpc) is 1.92. The molecule has 0 aliphatic rings. The Morgan fingerprint density at radius 1 is 0.789 bits per heavy atom. The molecule has 0 spiro atoms. The third-order valence-corrected chi connectivity index (χ3v) is 5.38. The van der Waals surface area contributed by atoms with Gasteiger partial charge in [0.15, 0.2) is 0 Å². The van der Waals surface area contributed by atoms with E-state index in [1.165, 1.54) is 0 Å². The van der Waals surface area contributed by atoms with Gasteiger partial charge in [-0.25, -0.2) is 0 Å². The van der Waals surface area contributed by atoms with Crippen LogP contribution < -0.4 is 0 Å². The summed E-state index contributed by atoms with van der Waals surface area (Å²) in [5.41, 5.74) is 0. The molecule has 0 atom stereocenters. The zero-order valence-electron chi connectivity index (χ0n) is 7.94. The Bertz CT molecular complexity index is 516. The second kappa shape index (κ2) is 4.40. The van der Waals surface area contributed by atoms with Crippen molar-refractivity contribution in [3.63, 3.8) is 0 Å². The van der Waals surface area contributed by atoms with Crippen LogP contribution >= 0.6 is 0 Å². The van der Waals surface area contributed by atoms with Crippen LogP contribution in [-0.2, 0) is 20.2 Å². The fourth-order valence-electron chi connectivity index (χ4n) is 1.02. The topological polar surface area (TPSA) is 112 Å². The molecule has 0 unspecified atom stereocenters. The first-order chi connectivity index (χ1) is 7.94. The minimum Gasteiger partial charge on any atom is -0.284 e. The van der Waals surface area contributed by atoms with E-state index in [-0.39, 0.29) is 0 Å². The van der Waals surface area contributed by atoms with E-state index < -0.39 is 41.9 Å². The van der Waals surface area contributed by atoms with Crippen molar-refractivity contribution in [3.05, 3.63) is 0 Å². The van der Waals surface area contributed by atoms with Crippen molar-refractivity contribution in [3.8, 4) is 0 Å². The molecule has 0 saturated carbocycles. The maximum atomic E-state index is 12.7. The van der Waals surface area contributed by atoms with Crippen LogP contribution in [0.15, 0.2) is 0 Å². The highest BCUT2D eigenvalue weighted by Crippen LogP contribution is 2.52. The molecule has 2 N–H and O–H groups in total. The molecule has 0 radical (unpaired) electrons. The van der Waals surface area contributed by atoms with E-state index in [9.17, 15) is 47.8 Å². The molecule has 19 heavy (non-hydrogen) atoms. The molecular weight excluding hydrogens is 343 g/mol. The largest absolute Gasteiger partial charge is 0.435 e. The zero-order valence-corrected chi connectivity index (χ0v) is 9.57. The summed E-state index contributed by atoms with van der Waals surface area (Å²) >= 11 is 0. The van der Waals surface area contributed by atoms with E-state index >= 15 is 0 Å². The molecule has 116 valence electrons. The summed E-state index contributed by atoms with van der Waals surface area (Å²) < 4.78 is 136. The Labute approximate surface area is 99.5 Å². The van der Waals surface area contributed by atoms with Gasteiger partial charge < -0.3 is 0 Å². The molecule has 16 heteroatoms. The van der Waals surface area contributed by atoms with E-state index in [1.54, 1.807) is 0 Å². The number of rotatable bonds is 4. The molecule has 0 aromatic carbocycles. The first kappa shape index (κ1) is 18.3. The van der Waals surface area contributed by atoms with Crippen molar-refractivity contribution in [1.29, 1.82) is 0 Å². The van der Waals surface area contributed by atoms with Gasteiger partial charge in [-0.15, -0.1) is 0 Å². The summed E-state index contributed by atoms with van der Waals surface area (Å²) in [5, 5.41) is -3.72. The Morgan fingerprint density at radius 2 is 1.05 bits per heavy atom. The fraction of sp³-hybridized carbons (Fsp3) is 1.00. The molecule has 0 bridgehead atoms. The summed E-state index contributed by atoms with van der Waals surface area (Å²) in [6.45, 7) is 0. The lowest BCUT2D eigenvalue weighted by Gasteiger charge is -2.34. The SMILES string of the molecule is O=S(=O)(O)C(C(F)(F)F)(C(F)(F)N(F)F)S(=O)(=O)O. The zero-order chi connectivity index (χ0) is 16.1. The molecule has 0 aromatic heterocycles. The van der Waals surface area contributed by atoms with Gasteiger partial charge in [-0.05, 0) is 0 Å². The quantitative estimate of drug-likeness (QED) is 0.334. The predicted molar refractivity (Wildman–Crippen MR) is 40.9 cm³/mol. The van der Waals surface area contributed by atoms with Crippen molar-refractivity contribution in [2.24, 2.45) is 0 Å². The van der Waals surface area contributed by atoms with Crippen LogP contribution in [0.1, 0.15) is 0 Å². The van der Waals surface area contributed by atoms with Gasteiger partial charge in [0.05, 0.1) is 5.34 Å². The second-order valence-corrected chi connectivity index (χ2v) is 6.22. The molecule has 0 aliphatic heterocycles. The molecule has 0 saturated heterocycles. The molecule has 0 rings (SSSR count). The van der Waals surface area contributed by atoms with Crippen molar-refractivity contribution in [2.75, 3.05) is 0 Å². The molecular formula is C3H2F7NO6S2. The van der Waals surface area contributed by atoms with Gasteiger partial charge in [0.25, 0.3) is 0 Å². The van der Waals surface area contributed by atoms with Gasteiger partial charge in [0.2, 0.25) is 0 Å². The van der Waals surface area contributed by atoms with Crippen molar-refractivity contribution >= 4 is 20.2 Å². The normalized spacial score (nSPS) is 15.9. The van der Waals surface area contributed by atoms with Crippen LogP contribution in [-0.4, -0.2) is 47.6 Å². The van der Waals surface area contributed by atoms with Gasteiger partial charge in [-0.1, -0.05) is 8.96 Å². The van der Waals surface area contributed by atoms with E-state index in [1.807, 2.05) is 0 Å². The molecule has 0 amide bonds. The second-order valence-electron chi connectivity index (χ2n) is 2.84. The van der Waals surface area contributed by atoms with Gasteiger partial charge >= 0.3 is 36.5 Å². The number of halogens is 7. The standard InChI is InChI=1S/C3H2F7NO6S2/c4-2(5,6)1(18(12,13)14,19(15,16)17)3(7,8)11(9)10/h(H,12,13,14)(H,15,16,17). The first-order valence-corrected chi connectivity index (χ1v) is 6.33. The Morgan fingerprint density at radius 3 is 1.11 bits per heavy atom. The lowest BCUT2D eigenvalue weighted by molar-refractivity contribution is -0.362. The van der Waals surface area contributed by atoms with Crippen LogP contribution in [0.3, 0.4) is 0 Å². The van der Waals surface area contributed by atoms with Gasteiger partial charge in [-0.2, -0.15) is 38.8 Å². The van der Waals surface area contributed by atoms with Crippen LogP contribution in [0, 0.1) is 0 Å². The summed E-state index contributed by atoms with van der Waals surface area (Å²) in [6, 6.07) is -7.04. The number of hydrogen-bond donors (Lipinski definition) is 2. The van der Waals surface area contributed by atoms with Gasteiger partial charge in [0.1, 0.15) is 0 Å². The molecule has 0 aliphatic carbocycles. The monoisotopic (exact) mass is 345 g/mol. The summed E-state index contributed by atoms with van der Waals surface area (Å²) in [6.07, 6.45) is -7.20. The van der Waals surface area contributed by atoms with Crippen molar-refractivity contribution in [2.45, 2.75) is 16.3 Å². The minimum atomic E-state index is -7.48. The van der Waals surface area contributed by atoms with Crippen LogP contribution in [0.2, 0.25) is 0 Å². The molecule has 0 aromatic rings. The smallest absolute Gasteiger partial charge is 0.284 e. The highest BCUT2D eigenvalue weighted by atomic mass is 32.3. The first-order valence-electron chi connectivity index (χ1n) is 3.45. The minimum absolute atomic E-state index is 3.72. The molecule has 0 heterocycles. The summed E-state index contributed by atoms with van der Waals surface area (Å²) in [4.78, 5) is 0. The Kier molecular flexibility index (Phi) is 4.24. The van der Waals surface area contributed by atoms with E-state index in [4.69, 9.17) is 9.11 Å². The van der Waals surface area contributed by atoms with E-state index in [2.05, 4.69) is 0 Å². The molecule has 0 fully saturated rings. The summed E-state index contributed by atoms with van der Waals surface area (Å²) in [5.74, 6) is 0.